The van der Waals surface area contributed by atoms with E-state index in [0.29, 0.717) is 5.92 Å². The molecule has 0 fully saturated rings. The lowest BCUT2D eigenvalue weighted by atomic mass is 9.98. The third-order valence-electron chi connectivity index (χ3n) is 2.65. The molecule has 0 aliphatic heterocycles. The second-order valence-corrected chi connectivity index (χ2v) is 4.01. The van der Waals surface area contributed by atoms with Crippen LogP contribution >= 0.6 is 0 Å². The Morgan fingerprint density at radius 3 is 2.79 bits per heavy atom. The molecular formula is C10H20N4. The second-order valence-electron chi connectivity index (χ2n) is 4.01. The second kappa shape index (κ2) is 5.10. The number of nitrogens with zero attached hydrogens (tertiary/aromatic N) is 3. The van der Waals surface area contributed by atoms with E-state index >= 15 is 0 Å². The topological polar surface area (TPSA) is 56.7 Å². The minimum Gasteiger partial charge on any atom is -0.327 e. The number of aromatic nitrogens is 3. The summed E-state index contributed by atoms with van der Waals surface area (Å²) in [6.45, 7) is 4.43. The van der Waals surface area contributed by atoms with E-state index in [-0.39, 0.29) is 6.04 Å². The summed E-state index contributed by atoms with van der Waals surface area (Å²) in [4.78, 5) is 4.16. The molecule has 80 valence electrons. The Morgan fingerprint density at radius 1 is 1.57 bits per heavy atom. The Hall–Kier alpha value is -0.900. The van der Waals surface area contributed by atoms with Crippen molar-refractivity contribution in [3.8, 4) is 0 Å². The molecule has 4 nitrogen and oxygen atoms in total. The van der Waals surface area contributed by atoms with Crippen LogP contribution in [0.15, 0.2) is 6.33 Å². The molecule has 0 radical (unpaired) electrons. The molecule has 0 bridgehead atoms. The van der Waals surface area contributed by atoms with E-state index in [4.69, 9.17) is 5.73 Å². The number of aryl methyl sites for hydroxylation is 1. The van der Waals surface area contributed by atoms with E-state index in [1.807, 2.05) is 7.05 Å². The molecule has 0 saturated carbocycles. The first-order valence-corrected chi connectivity index (χ1v) is 5.22. The van der Waals surface area contributed by atoms with Gasteiger partial charge in [-0.1, -0.05) is 20.3 Å². The van der Waals surface area contributed by atoms with Crippen molar-refractivity contribution in [2.75, 3.05) is 0 Å². The summed E-state index contributed by atoms with van der Waals surface area (Å²) < 4.78 is 1.79. The minimum atomic E-state index is 0.202. The van der Waals surface area contributed by atoms with Gasteiger partial charge in [0.25, 0.3) is 0 Å². The van der Waals surface area contributed by atoms with E-state index in [1.165, 1.54) is 6.42 Å². The highest BCUT2D eigenvalue weighted by molar-refractivity contribution is 4.88. The fourth-order valence-electron chi connectivity index (χ4n) is 1.51. The lowest BCUT2D eigenvalue weighted by Gasteiger charge is -2.14. The molecule has 0 aliphatic carbocycles. The van der Waals surface area contributed by atoms with E-state index < -0.39 is 0 Å². The van der Waals surface area contributed by atoms with Gasteiger partial charge in [-0.05, 0) is 12.3 Å². The van der Waals surface area contributed by atoms with Crippen molar-refractivity contribution in [1.82, 2.24) is 14.8 Å². The van der Waals surface area contributed by atoms with Crippen molar-refractivity contribution < 1.29 is 0 Å². The van der Waals surface area contributed by atoms with E-state index in [1.54, 1.807) is 11.0 Å². The minimum absolute atomic E-state index is 0.202. The van der Waals surface area contributed by atoms with Gasteiger partial charge in [0.05, 0.1) is 0 Å². The first-order chi connectivity index (χ1) is 6.63. The molecular weight excluding hydrogens is 176 g/mol. The molecule has 2 unspecified atom stereocenters. The fraction of sp³-hybridized carbons (Fsp3) is 0.800. The van der Waals surface area contributed by atoms with Crippen LogP contribution in [-0.4, -0.2) is 20.8 Å². The van der Waals surface area contributed by atoms with Crippen LogP contribution in [0.3, 0.4) is 0 Å². The van der Waals surface area contributed by atoms with Crippen LogP contribution in [-0.2, 0) is 13.5 Å². The predicted molar refractivity (Wildman–Crippen MR) is 56.8 cm³/mol. The Balaban J connectivity index is 2.41. The molecule has 0 amide bonds. The average molecular weight is 196 g/mol. The van der Waals surface area contributed by atoms with Crippen LogP contribution in [0.5, 0.6) is 0 Å². The Morgan fingerprint density at radius 2 is 2.29 bits per heavy atom. The molecule has 1 aromatic rings. The fourth-order valence-corrected chi connectivity index (χ4v) is 1.51. The number of rotatable bonds is 5. The van der Waals surface area contributed by atoms with Crippen molar-refractivity contribution in [2.45, 2.75) is 39.2 Å². The summed E-state index contributed by atoms with van der Waals surface area (Å²) in [7, 11) is 1.90. The Labute approximate surface area is 85.5 Å². The molecule has 2 atom stereocenters. The van der Waals surface area contributed by atoms with Crippen molar-refractivity contribution in [3.63, 3.8) is 0 Å². The monoisotopic (exact) mass is 196 g/mol. The molecule has 0 aliphatic rings. The van der Waals surface area contributed by atoms with Crippen LogP contribution in [0.1, 0.15) is 32.5 Å². The van der Waals surface area contributed by atoms with Gasteiger partial charge < -0.3 is 5.73 Å². The highest BCUT2D eigenvalue weighted by Crippen LogP contribution is 2.10. The van der Waals surface area contributed by atoms with Gasteiger partial charge in [0.15, 0.2) is 0 Å². The van der Waals surface area contributed by atoms with Gasteiger partial charge >= 0.3 is 0 Å². The third-order valence-corrected chi connectivity index (χ3v) is 2.65. The molecule has 4 heteroatoms. The van der Waals surface area contributed by atoms with Gasteiger partial charge in [0.1, 0.15) is 12.2 Å². The summed E-state index contributed by atoms with van der Waals surface area (Å²) in [5, 5.41) is 4.02. The van der Waals surface area contributed by atoms with E-state index in [9.17, 15) is 0 Å². The van der Waals surface area contributed by atoms with Gasteiger partial charge in [0.2, 0.25) is 0 Å². The lowest BCUT2D eigenvalue weighted by Crippen LogP contribution is -2.26. The Kier molecular flexibility index (Phi) is 4.07. The third kappa shape index (κ3) is 3.10. The van der Waals surface area contributed by atoms with Crippen molar-refractivity contribution in [3.05, 3.63) is 12.2 Å². The summed E-state index contributed by atoms with van der Waals surface area (Å²) in [6, 6.07) is 0.202. The standard InChI is InChI=1S/C10H20N4/c1-4-8(2)5-9(11)6-10-12-7-13-14(10)3/h7-9H,4-6,11H2,1-3H3. The van der Waals surface area contributed by atoms with Crippen LogP contribution < -0.4 is 5.73 Å². The number of hydrogen-bond acceptors (Lipinski definition) is 3. The SMILES string of the molecule is CCC(C)CC(N)Cc1ncnn1C. The van der Waals surface area contributed by atoms with E-state index in [2.05, 4.69) is 23.9 Å². The zero-order valence-electron chi connectivity index (χ0n) is 9.27. The van der Waals surface area contributed by atoms with Crippen LogP contribution in [0.4, 0.5) is 0 Å². The van der Waals surface area contributed by atoms with Gasteiger partial charge in [-0.15, -0.1) is 0 Å². The molecule has 0 spiro atoms. The zero-order valence-corrected chi connectivity index (χ0v) is 9.27. The normalized spacial score (nSPS) is 15.4. The van der Waals surface area contributed by atoms with Gasteiger partial charge in [-0.25, -0.2) is 4.98 Å². The van der Waals surface area contributed by atoms with Crippen LogP contribution in [0.25, 0.3) is 0 Å². The molecule has 1 aromatic heterocycles. The van der Waals surface area contributed by atoms with Crippen molar-refractivity contribution >= 4 is 0 Å². The predicted octanol–water partition coefficient (Wildman–Crippen LogP) is 1.12. The molecule has 1 heterocycles. The van der Waals surface area contributed by atoms with Gasteiger partial charge in [0, 0.05) is 19.5 Å². The summed E-state index contributed by atoms with van der Waals surface area (Å²) >= 11 is 0. The molecule has 0 aromatic carbocycles. The lowest BCUT2D eigenvalue weighted by molar-refractivity contribution is 0.441. The van der Waals surface area contributed by atoms with Crippen molar-refractivity contribution in [2.24, 2.45) is 18.7 Å². The summed E-state index contributed by atoms with van der Waals surface area (Å²) in [5.74, 6) is 1.67. The highest BCUT2D eigenvalue weighted by atomic mass is 15.3. The highest BCUT2D eigenvalue weighted by Gasteiger charge is 2.11. The molecule has 14 heavy (non-hydrogen) atoms. The van der Waals surface area contributed by atoms with E-state index in [0.717, 1.165) is 18.7 Å². The smallest absolute Gasteiger partial charge is 0.138 e. The van der Waals surface area contributed by atoms with Crippen molar-refractivity contribution in [1.29, 1.82) is 0 Å². The maximum absolute atomic E-state index is 6.03. The molecule has 2 N–H and O–H groups in total. The average Bonchev–Trinajstić information content (AvgIpc) is 2.51. The Bertz CT molecular complexity index is 269. The maximum atomic E-state index is 6.03. The first-order valence-electron chi connectivity index (χ1n) is 5.22. The largest absolute Gasteiger partial charge is 0.327 e. The molecule has 1 rings (SSSR count). The first kappa shape index (κ1) is 11.2. The number of hydrogen-bond donors (Lipinski definition) is 1. The quantitative estimate of drug-likeness (QED) is 0.767. The van der Waals surface area contributed by atoms with Crippen LogP contribution in [0.2, 0.25) is 0 Å². The zero-order chi connectivity index (χ0) is 10.6. The maximum Gasteiger partial charge on any atom is 0.138 e. The summed E-state index contributed by atoms with van der Waals surface area (Å²) in [5.41, 5.74) is 6.03. The van der Waals surface area contributed by atoms with Crippen LogP contribution in [0, 0.1) is 5.92 Å². The van der Waals surface area contributed by atoms with Gasteiger partial charge in [-0.3, -0.25) is 4.68 Å². The molecule has 0 saturated heterocycles. The number of nitrogens with two attached hydrogens (primary N) is 1. The summed E-state index contributed by atoms with van der Waals surface area (Å²) in [6.07, 6.45) is 4.64. The van der Waals surface area contributed by atoms with Gasteiger partial charge in [-0.2, -0.15) is 5.10 Å².